The van der Waals surface area contributed by atoms with E-state index in [-0.39, 0.29) is 5.78 Å². The zero-order chi connectivity index (χ0) is 17.8. The van der Waals surface area contributed by atoms with E-state index < -0.39 is 0 Å². The molecular formula is C19H17ClN2O3. The van der Waals surface area contributed by atoms with Gasteiger partial charge in [0.2, 0.25) is 0 Å². The van der Waals surface area contributed by atoms with Gasteiger partial charge in [-0.05, 0) is 55.5 Å². The molecule has 0 saturated heterocycles. The number of halogens is 1. The summed E-state index contributed by atoms with van der Waals surface area (Å²) < 4.78 is 12.9. The van der Waals surface area contributed by atoms with E-state index in [0.29, 0.717) is 40.2 Å². The van der Waals surface area contributed by atoms with E-state index in [2.05, 4.69) is 5.10 Å². The third-order valence-corrected chi connectivity index (χ3v) is 3.81. The average Bonchev–Trinajstić information content (AvgIpc) is 3.18. The third kappa shape index (κ3) is 4.39. The summed E-state index contributed by atoms with van der Waals surface area (Å²) in [6.45, 7) is 2.10. The van der Waals surface area contributed by atoms with Gasteiger partial charge in [0.15, 0.2) is 5.78 Å². The van der Waals surface area contributed by atoms with Crippen LogP contribution < -0.4 is 4.74 Å². The van der Waals surface area contributed by atoms with Crippen LogP contribution in [0.15, 0.2) is 53.1 Å². The molecule has 0 unspecified atom stereocenters. The van der Waals surface area contributed by atoms with Gasteiger partial charge in [0.05, 0.1) is 11.3 Å². The van der Waals surface area contributed by atoms with Crippen molar-refractivity contribution in [2.45, 2.75) is 13.5 Å². The average molecular weight is 357 g/mol. The molecule has 0 saturated carbocycles. The summed E-state index contributed by atoms with van der Waals surface area (Å²) in [7, 11) is 1.78. The summed E-state index contributed by atoms with van der Waals surface area (Å²) >= 11 is 5.83. The van der Waals surface area contributed by atoms with Crippen molar-refractivity contribution < 1.29 is 13.9 Å². The molecule has 128 valence electrons. The number of rotatable bonds is 6. The second-order valence-corrected chi connectivity index (χ2v) is 5.98. The van der Waals surface area contributed by atoms with Crippen LogP contribution in [0, 0.1) is 6.92 Å². The number of benzene rings is 1. The van der Waals surface area contributed by atoms with Crippen molar-refractivity contribution in [2.24, 2.45) is 7.05 Å². The molecule has 0 fully saturated rings. The number of hydrogen-bond donors (Lipinski definition) is 0. The lowest BCUT2D eigenvalue weighted by atomic mass is 10.1. The van der Waals surface area contributed by atoms with Gasteiger partial charge < -0.3 is 9.15 Å². The Bertz CT molecular complexity index is 907. The second kappa shape index (κ2) is 7.40. The molecule has 0 aliphatic rings. The van der Waals surface area contributed by atoms with E-state index in [0.717, 1.165) is 0 Å². The van der Waals surface area contributed by atoms with Crippen LogP contribution in [0.5, 0.6) is 5.75 Å². The fourth-order valence-electron chi connectivity index (χ4n) is 2.34. The van der Waals surface area contributed by atoms with Gasteiger partial charge in [0.1, 0.15) is 23.9 Å². The highest BCUT2D eigenvalue weighted by molar-refractivity contribution is 6.30. The molecule has 0 radical (unpaired) electrons. The highest BCUT2D eigenvalue weighted by atomic mass is 35.5. The molecule has 2 heterocycles. The number of carbonyl (C=O) groups excluding carboxylic acids is 1. The lowest BCUT2D eigenvalue weighted by molar-refractivity contribution is 0.104. The first-order valence-corrected chi connectivity index (χ1v) is 8.09. The summed E-state index contributed by atoms with van der Waals surface area (Å²) in [6.07, 6.45) is 4.82. The number of ketones is 1. The Morgan fingerprint density at radius 1 is 1.28 bits per heavy atom. The van der Waals surface area contributed by atoms with Crippen molar-refractivity contribution >= 4 is 23.5 Å². The Morgan fingerprint density at radius 2 is 2.04 bits per heavy atom. The normalized spacial score (nSPS) is 11.2. The van der Waals surface area contributed by atoms with Crippen molar-refractivity contribution in [3.05, 3.63) is 76.5 Å². The van der Waals surface area contributed by atoms with E-state index in [9.17, 15) is 4.79 Å². The van der Waals surface area contributed by atoms with Crippen molar-refractivity contribution in [1.29, 1.82) is 0 Å². The van der Waals surface area contributed by atoms with Gasteiger partial charge in [-0.2, -0.15) is 5.10 Å². The molecule has 0 bridgehead atoms. The van der Waals surface area contributed by atoms with Gasteiger partial charge in [-0.1, -0.05) is 11.6 Å². The van der Waals surface area contributed by atoms with E-state index in [4.69, 9.17) is 20.8 Å². The maximum atomic E-state index is 12.2. The van der Waals surface area contributed by atoms with E-state index in [1.54, 1.807) is 61.3 Å². The lowest BCUT2D eigenvalue weighted by Crippen LogP contribution is -1.94. The summed E-state index contributed by atoms with van der Waals surface area (Å²) in [5, 5.41) is 4.82. The van der Waals surface area contributed by atoms with Gasteiger partial charge in [-0.3, -0.25) is 9.48 Å². The van der Waals surface area contributed by atoms with Crippen molar-refractivity contribution in [1.82, 2.24) is 9.78 Å². The molecule has 1 aromatic carbocycles. The van der Waals surface area contributed by atoms with Gasteiger partial charge in [-0.15, -0.1) is 0 Å². The second-order valence-electron chi connectivity index (χ2n) is 5.55. The van der Waals surface area contributed by atoms with Crippen LogP contribution in [0.2, 0.25) is 5.02 Å². The Morgan fingerprint density at radius 3 is 2.72 bits per heavy atom. The quantitative estimate of drug-likeness (QED) is 0.483. The molecule has 0 atom stereocenters. The monoisotopic (exact) mass is 356 g/mol. The molecule has 0 N–H and O–H groups in total. The van der Waals surface area contributed by atoms with Crippen LogP contribution in [0.25, 0.3) is 6.08 Å². The van der Waals surface area contributed by atoms with Crippen molar-refractivity contribution in [3.8, 4) is 5.75 Å². The minimum absolute atomic E-state index is 0.110. The van der Waals surface area contributed by atoms with Crippen molar-refractivity contribution in [2.75, 3.05) is 0 Å². The van der Waals surface area contributed by atoms with E-state index in [1.165, 1.54) is 6.08 Å². The summed E-state index contributed by atoms with van der Waals surface area (Å²) in [5.41, 5.74) is 1.28. The smallest absolute Gasteiger partial charge is 0.189 e. The highest BCUT2D eigenvalue weighted by Crippen LogP contribution is 2.18. The summed E-state index contributed by atoms with van der Waals surface area (Å²) in [6, 6.07) is 10.7. The number of allylic oxidation sites excluding steroid dienone is 1. The van der Waals surface area contributed by atoms with Crippen LogP contribution in [-0.4, -0.2) is 15.6 Å². The van der Waals surface area contributed by atoms with Crippen LogP contribution in [-0.2, 0) is 13.7 Å². The number of nitrogens with zero attached hydrogens (tertiary/aromatic N) is 2. The molecule has 6 heteroatoms. The third-order valence-electron chi connectivity index (χ3n) is 3.56. The fourth-order valence-corrected chi connectivity index (χ4v) is 2.46. The molecule has 3 aromatic rings. The largest absolute Gasteiger partial charge is 0.486 e. The first kappa shape index (κ1) is 17.0. The number of ether oxygens (including phenoxy) is 1. The van der Waals surface area contributed by atoms with Gasteiger partial charge >= 0.3 is 0 Å². The van der Waals surface area contributed by atoms with Crippen LogP contribution in [0.3, 0.4) is 0 Å². The zero-order valence-electron chi connectivity index (χ0n) is 13.9. The van der Waals surface area contributed by atoms with E-state index >= 15 is 0 Å². The number of hydrogen-bond acceptors (Lipinski definition) is 4. The first-order valence-electron chi connectivity index (χ1n) is 7.71. The Balaban J connectivity index is 1.60. The van der Waals surface area contributed by atoms with Crippen LogP contribution in [0.1, 0.15) is 27.6 Å². The van der Waals surface area contributed by atoms with Crippen LogP contribution in [0.4, 0.5) is 0 Å². The molecule has 25 heavy (non-hydrogen) atoms. The van der Waals surface area contributed by atoms with Gasteiger partial charge in [0.25, 0.3) is 0 Å². The zero-order valence-corrected chi connectivity index (χ0v) is 14.7. The Labute approximate surface area is 150 Å². The predicted molar refractivity (Wildman–Crippen MR) is 95.8 cm³/mol. The molecule has 5 nitrogen and oxygen atoms in total. The van der Waals surface area contributed by atoms with Crippen molar-refractivity contribution in [3.63, 3.8) is 0 Å². The standard InChI is InChI=1S/C19H17ClN2O3/c1-13-18(11-22(2)21-13)19(23)10-9-16-7-8-17(25-16)12-24-15-5-3-14(20)4-6-15/h3-11H,12H2,1-2H3/b10-9+. The molecule has 0 aliphatic carbocycles. The topological polar surface area (TPSA) is 57.3 Å². The Hall–Kier alpha value is -2.79. The van der Waals surface area contributed by atoms with Gasteiger partial charge in [-0.25, -0.2) is 0 Å². The Kier molecular flexibility index (Phi) is 5.05. The molecule has 0 aliphatic heterocycles. The minimum Gasteiger partial charge on any atom is -0.486 e. The minimum atomic E-state index is -0.110. The van der Waals surface area contributed by atoms with E-state index in [1.807, 2.05) is 6.07 Å². The molecule has 0 amide bonds. The molecular weight excluding hydrogens is 340 g/mol. The number of carbonyl (C=O) groups is 1. The maximum absolute atomic E-state index is 12.2. The summed E-state index contributed by atoms with van der Waals surface area (Å²) in [5.74, 6) is 1.85. The number of furan rings is 1. The molecule has 2 aromatic heterocycles. The number of aromatic nitrogens is 2. The summed E-state index contributed by atoms with van der Waals surface area (Å²) in [4.78, 5) is 12.2. The maximum Gasteiger partial charge on any atom is 0.189 e. The fraction of sp³-hybridized carbons (Fsp3) is 0.158. The highest BCUT2D eigenvalue weighted by Gasteiger charge is 2.09. The SMILES string of the molecule is Cc1nn(C)cc1C(=O)/C=C/c1ccc(COc2ccc(Cl)cc2)o1. The molecule has 3 rings (SSSR count). The van der Waals surface area contributed by atoms with Crippen LogP contribution >= 0.6 is 11.6 Å². The first-order chi connectivity index (χ1) is 12.0. The predicted octanol–water partition coefficient (Wildman–Crippen LogP) is 4.45. The lowest BCUT2D eigenvalue weighted by Gasteiger charge is -2.03. The van der Waals surface area contributed by atoms with Gasteiger partial charge in [0, 0.05) is 18.3 Å². The molecule has 0 spiro atoms. The number of aryl methyl sites for hydroxylation is 2.